The average Bonchev–Trinajstić information content (AvgIpc) is 2.17. The Morgan fingerprint density at radius 3 is 2.08 bits per heavy atom. The van der Waals surface area contributed by atoms with Crippen LogP contribution in [0.15, 0.2) is 24.3 Å². The standard InChI is InChI=1S/C9H12O4/c1-11-9(12-2)13-8-5-3-7(10)4-6-8/h3-6,9-10H,1-2H3. The molecule has 0 saturated carbocycles. The van der Waals surface area contributed by atoms with Crippen LogP contribution >= 0.6 is 0 Å². The first-order valence-corrected chi connectivity index (χ1v) is 3.77. The molecule has 0 bridgehead atoms. The molecule has 0 saturated heterocycles. The number of aromatic hydroxyl groups is 1. The number of benzene rings is 1. The molecular weight excluding hydrogens is 172 g/mol. The van der Waals surface area contributed by atoms with Gasteiger partial charge in [0.2, 0.25) is 0 Å². The molecule has 1 aromatic rings. The molecule has 0 aliphatic heterocycles. The smallest absolute Gasteiger partial charge is 0.315 e. The third kappa shape index (κ3) is 2.93. The third-order valence-electron chi connectivity index (χ3n) is 1.45. The van der Waals surface area contributed by atoms with Crippen molar-refractivity contribution in [1.29, 1.82) is 0 Å². The Morgan fingerprint density at radius 1 is 1.08 bits per heavy atom. The Balaban J connectivity index is 2.58. The molecule has 13 heavy (non-hydrogen) atoms. The highest BCUT2D eigenvalue weighted by atomic mass is 16.8. The molecule has 1 rings (SSSR count). The van der Waals surface area contributed by atoms with Gasteiger partial charge >= 0.3 is 6.48 Å². The van der Waals surface area contributed by atoms with Crippen LogP contribution in [0.5, 0.6) is 11.5 Å². The van der Waals surface area contributed by atoms with Crippen LogP contribution in [-0.2, 0) is 9.47 Å². The Morgan fingerprint density at radius 2 is 1.62 bits per heavy atom. The fraction of sp³-hybridized carbons (Fsp3) is 0.333. The van der Waals surface area contributed by atoms with Gasteiger partial charge in [0.05, 0.1) is 0 Å². The first-order chi connectivity index (χ1) is 6.26. The quantitative estimate of drug-likeness (QED) is 0.717. The second kappa shape index (κ2) is 4.69. The van der Waals surface area contributed by atoms with Crippen LogP contribution in [0.1, 0.15) is 0 Å². The summed E-state index contributed by atoms with van der Waals surface area (Å²) in [6.45, 7) is -0.718. The largest absolute Gasteiger partial charge is 0.508 e. The zero-order valence-corrected chi connectivity index (χ0v) is 7.56. The van der Waals surface area contributed by atoms with Gasteiger partial charge in [0.25, 0.3) is 0 Å². The highest BCUT2D eigenvalue weighted by molar-refractivity contribution is 5.29. The molecule has 0 spiro atoms. The number of phenolic OH excluding ortho intramolecular Hbond substituents is 1. The summed E-state index contributed by atoms with van der Waals surface area (Å²) in [5, 5.41) is 8.99. The van der Waals surface area contributed by atoms with E-state index in [2.05, 4.69) is 0 Å². The van der Waals surface area contributed by atoms with E-state index < -0.39 is 6.48 Å². The van der Waals surface area contributed by atoms with Gasteiger partial charge in [-0.05, 0) is 24.3 Å². The molecule has 0 aliphatic carbocycles. The van der Waals surface area contributed by atoms with Crippen molar-refractivity contribution >= 4 is 0 Å². The van der Waals surface area contributed by atoms with E-state index in [0.29, 0.717) is 5.75 Å². The fourth-order valence-electron chi connectivity index (χ4n) is 0.828. The van der Waals surface area contributed by atoms with E-state index in [-0.39, 0.29) is 5.75 Å². The van der Waals surface area contributed by atoms with Crippen molar-refractivity contribution in [3.63, 3.8) is 0 Å². The average molecular weight is 184 g/mol. The molecule has 0 unspecified atom stereocenters. The summed E-state index contributed by atoms with van der Waals surface area (Å²) in [4.78, 5) is 0. The lowest BCUT2D eigenvalue weighted by Gasteiger charge is -2.14. The SMILES string of the molecule is COC(OC)Oc1ccc(O)cc1. The van der Waals surface area contributed by atoms with Gasteiger partial charge in [-0.3, -0.25) is 0 Å². The zero-order valence-electron chi connectivity index (χ0n) is 7.56. The van der Waals surface area contributed by atoms with Crippen molar-refractivity contribution in [1.82, 2.24) is 0 Å². The molecule has 4 heteroatoms. The van der Waals surface area contributed by atoms with Gasteiger partial charge in [-0.15, -0.1) is 0 Å². The van der Waals surface area contributed by atoms with Gasteiger partial charge in [-0.2, -0.15) is 0 Å². The Hall–Kier alpha value is -1.26. The van der Waals surface area contributed by atoms with Crippen LogP contribution in [0, 0.1) is 0 Å². The molecule has 0 aliphatic rings. The van der Waals surface area contributed by atoms with Crippen LogP contribution in [0.4, 0.5) is 0 Å². The molecule has 1 N–H and O–H groups in total. The first-order valence-electron chi connectivity index (χ1n) is 3.77. The first kappa shape index (κ1) is 9.83. The van der Waals surface area contributed by atoms with Crippen LogP contribution in [-0.4, -0.2) is 25.8 Å². The number of rotatable bonds is 4. The Kier molecular flexibility index (Phi) is 3.54. The minimum absolute atomic E-state index is 0.193. The maximum absolute atomic E-state index is 8.99. The lowest BCUT2D eigenvalue weighted by Crippen LogP contribution is -2.20. The van der Waals surface area contributed by atoms with Crippen LogP contribution in [0.2, 0.25) is 0 Å². The van der Waals surface area contributed by atoms with E-state index in [1.807, 2.05) is 0 Å². The van der Waals surface area contributed by atoms with Crippen molar-refractivity contribution in [2.75, 3.05) is 14.2 Å². The van der Waals surface area contributed by atoms with Gasteiger partial charge < -0.3 is 19.3 Å². The number of ether oxygens (including phenoxy) is 3. The van der Waals surface area contributed by atoms with Crippen molar-refractivity contribution in [2.24, 2.45) is 0 Å². The molecule has 72 valence electrons. The molecule has 4 nitrogen and oxygen atoms in total. The predicted octanol–water partition coefficient (Wildman–Crippen LogP) is 1.35. The minimum Gasteiger partial charge on any atom is -0.508 e. The Labute approximate surface area is 76.7 Å². The lowest BCUT2D eigenvalue weighted by atomic mass is 10.3. The normalized spacial score (nSPS) is 10.4. The molecule has 0 amide bonds. The lowest BCUT2D eigenvalue weighted by molar-refractivity contribution is -0.219. The molecule has 1 aromatic carbocycles. The van der Waals surface area contributed by atoms with E-state index in [4.69, 9.17) is 19.3 Å². The third-order valence-corrected chi connectivity index (χ3v) is 1.45. The van der Waals surface area contributed by atoms with Crippen LogP contribution < -0.4 is 4.74 Å². The molecule has 0 fully saturated rings. The van der Waals surface area contributed by atoms with E-state index in [9.17, 15) is 0 Å². The van der Waals surface area contributed by atoms with Gasteiger partial charge in [-0.1, -0.05) is 0 Å². The summed E-state index contributed by atoms with van der Waals surface area (Å²) in [6.07, 6.45) is 0. The summed E-state index contributed by atoms with van der Waals surface area (Å²) in [5.74, 6) is 0.769. The summed E-state index contributed by atoms with van der Waals surface area (Å²) in [7, 11) is 2.96. The Bertz CT molecular complexity index is 240. The second-order valence-corrected chi connectivity index (χ2v) is 2.37. The van der Waals surface area contributed by atoms with E-state index in [1.54, 1.807) is 12.1 Å². The van der Waals surface area contributed by atoms with Crippen molar-refractivity contribution in [3.8, 4) is 11.5 Å². The maximum Gasteiger partial charge on any atom is 0.315 e. The van der Waals surface area contributed by atoms with Crippen LogP contribution in [0.3, 0.4) is 0 Å². The molecular formula is C9H12O4. The summed E-state index contributed by atoms with van der Waals surface area (Å²) >= 11 is 0. The van der Waals surface area contributed by atoms with Crippen molar-refractivity contribution in [3.05, 3.63) is 24.3 Å². The molecule has 0 heterocycles. The monoisotopic (exact) mass is 184 g/mol. The molecule has 0 radical (unpaired) electrons. The van der Waals surface area contributed by atoms with Gasteiger partial charge in [-0.25, -0.2) is 0 Å². The minimum atomic E-state index is -0.718. The zero-order chi connectivity index (χ0) is 9.68. The highest BCUT2D eigenvalue weighted by Crippen LogP contribution is 2.17. The van der Waals surface area contributed by atoms with Crippen molar-refractivity contribution in [2.45, 2.75) is 6.48 Å². The number of phenols is 1. The summed E-state index contributed by atoms with van der Waals surface area (Å²) in [6, 6.07) is 6.30. The van der Waals surface area contributed by atoms with Crippen molar-refractivity contribution < 1.29 is 19.3 Å². The fourth-order valence-corrected chi connectivity index (χ4v) is 0.828. The van der Waals surface area contributed by atoms with Gasteiger partial charge in [0.15, 0.2) is 0 Å². The van der Waals surface area contributed by atoms with E-state index >= 15 is 0 Å². The predicted molar refractivity (Wildman–Crippen MR) is 46.5 cm³/mol. The molecule has 0 atom stereocenters. The number of hydrogen-bond donors (Lipinski definition) is 1. The van der Waals surface area contributed by atoms with Gasteiger partial charge in [0, 0.05) is 14.2 Å². The molecule has 0 aromatic heterocycles. The topological polar surface area (TPSA) is 47.9 Å². The van der Waals surface area contributed by atoms with Crippen LogP contribution in [0.25, 0.3) is 0 Å². The second-order valence-electron chi connectivity index (χ2n) is 2.37. The summed E-state index contributed by atoms with van der Waals surface area (Å²) in [5.41, 5.74) is 0. The number of hydrogen-bond acceptors (Lipinski definition) is 4. The number of methoxy groups -OCH3 is 2. The highest BCUT2D eigenvalue weighted by Gasteiger charge is 2.05. The maximum atomic E-state index is 8.99. The van der Waals surface area contributed by atoms with E-state index in [0.717, 1.165) is 0 Å². The van der Waals surface area contributed by atoms with Gasteiger partial charge in [0.1, 0.15) is 11.5 Å². The summed E-state index contributed by atoms with van der Waals surface area (Å²) < 4.78 is 14.9. The van der Waals surface area contributed by atoms with E-state index in [1.165, 1.54) is 26.4 Å².